The summed E-state index contributed by atoms with van der Waals surface area (Å²) < 4.78 is 5.67. The number of ether oxygens (including phenoxy) is 1. The van der Waals surface area contributed by atoms with Crippen molar-refractivity contribution in [1.29, 1.82) is 0 Å². The van der Waals surface area contributed by atoms with Gasteiger partial charge in [0, 0.05) is 5.56 Å². The molecule has 0 aliphatic carbocycles. The lowest BCUT2D eigenvalue weighted by molar-refractivity contribution is 0.108. The Labute approximate surface area is 147 Å². The topological polar surface area (TPSA) is 26.3 Å². The zero-order valence-corrected chi connectivity index (χ0v) is 16.5. The van der Waals surface area contributed by atoms with Crippen LogP contribution in [-0.4, -0.2) is 12.1 Å². The number of rotatable bonds is 6. The molecular formula is C21H27O2P. The van der Waals surface area contributed by atoms with Crippen molar-refractivity contribution in [2.45, 2.75) is 48.0 Å². The normalized spacial score (nSPS) is 11.2. The predicted octanol–water partition coefficient (Wildman–Crippen LogP) is 5.16. The van der Waals surface area contributed by atoms with Crippen molar-refractivity contribution in [1.82, 2.24) is 0 Å². The molecule has 0 aliphatic heterocycles. The molecule has 2 rings (SSSR count). The quantitative estimate of drug-likeness (QED) is 0.678. The third-order valence-electron chi connectivity index (χ3n) is 4.50. The van der Waals surface area contributed by atoms with Gasteiger partial charge in [-0.1, -0.05) is 19.1 Å². The van der Waals surface area contributed by atoms with Crippen LogP contribution in [0.2, 0.25) is 0 Å². The van der Waals surface area contributed by atoms with Gasteiger partial charge >= 0.3 is 0 Å². The van der Waals surface area contributed by atoms with Gasteiger partial charge in [-0.3, -0.25) is 4.79 Å². The molecule has 0 spiro atoms. The third kappa shape index (κ3) is 4.05. The maximum atomic E-state index is 12.9. The van der Waals surface area contributed by atoms with E-state index in [9.17, 15) is 4.79 Å². The van der Waals surface area contributed by atoms with E-state index in [4.69, 9.17) is 4.74 Å². The van der Waals surface area contributed by atoms with E-state index in [1.165, 1.54) is 11.1 Å². The zero-order valence-electron chi connectivity index (χ0n) is 15.5. The number of carbonyl (C=O) groups excluding carboxylic acids is 1. The highest BCUT2D eigenvalue weighted by Crippen LogP contribution is 2.29. The molecular weight excluding hydrogens is 315 g/mol. The van der Waals surface area contributed by atoms with Gasteiger partial charge in [0.2, 0.25) is 0 Å². The summed E-state index contributed by atoms with van der Waals surface area (Å²) in [6.45, 7) is 13.2. The van der Waals surface area contributed by atoms with Crippen LogP contribution in [0.15, 0.2) is 24.3 Å². The second-order valence-corrected chi connectivity index (χ2v) is 7.66. The Morgan fingerprint density at radius 3 is 2.29 bits per heavy atom. The van der Waals surface area contributed by atoms with Crippen LogP contribution in [0.4, 0.5) is 0 Å². The Kier molecular flexibility index (Phi) is 6.18. The SMILES string of the molecule is CCCOc1ccc(PC(=O)c2c(C)cc(C)c(C)c2C)c(C)c1. The van der Waals surface area contributed by atoms with Crippen LogP contribution >= 0.6 is 8.58 Å². The Morgan fingerprint density at radius 2 is 1.67 bits per heavy atom. The van der Waals surface area contributed by atoms with Gasteiger partial charge in [-0.15, -0.1) is 0 Å². The lowest BCUT2D eigenvalue weighted by Gasteiger charge is -2.15. The van der Waals surface area contributed by atoms with Gasteiger partial charge in [-0.25, -0.2) is 0 Å². The molecule has 0 aromatic heterocycles. The number of benzene rings is 2. The van der Waals surface area contributed by atoms with Crippen LogP contribution in [0.5, 0.6) is 5.75 Å². The van der Waals surface area contributed by atoms with Crippen LogP contribution in [0.25, 0.3) is 0 Å². The monoisotopic (exact) mass is 342 g/mol. The van der Waals surface area contributed by atoms with Crippen molar-refractivity contribution >= 4 is 19.4 Å². The third-order valence-corrected chi connectivity index (χ3v) is 5.81. The van der Waals surface area contributed by atoms with Gasteiger partial charge in [0.15, 0.2) is 5.52 Å². The molecule has 0 fully saturated rings. The van der Waals surface area contributed by atoms with Crippen molar-refractivity contribution in [3.8, 4) is 5.75 Å². The minimum absolute atomic E-state index is 0.145. The minimum atomic E-state index is 0.145. The number of hydrogen-bond donors (Lipinski definition) is 0. The smallest absolute Gasteiger partial charge is 0.186 e. The lowest BCUT2D eigenvalue weighted by atomic mass is 9.95. The van der Waals surface area contributed by atoms with Crippen LogP contribution in [-0.2, 0) is 0 Å². The van der Waals surface area contributed by atoms with E-state index in [0.29, 0.717) is 0 Å². The molecule has 0 saturated carbocycles. The summed E-state index contributed by atoms with van der Waals surface area (Å²) in [6.07, 6.45) is 0.992. The van der Waals surface area contributed by atoms with Gasteiger partial charge < -0.3 is 4.74 Å². The van der Waals surface area contributed by atoms with E-state index in [1.54, 1.807) is 0 Å². The zero-order chi connectivity index (χ0) is 17.9. The Bertz CT molecular complexity index is 763. The highest BCUT2D eigenvalue weighted by atomic mass is 31.1. The highest BCUT2D eigenvalue weighted by Gasteiger charge is 2.16. The standard InChI is InChI=1S/C21H27O2P/c1-7-10-23-18-8-9-19(14(3)12-18)24-21(22)20-15(4)11-13(2)16(5)17(20)6/h8-9,11-12,24H,7,10H2,1-6H3. The van der Waals surface area contributed by atoms with Crippen LogP contribution in [0, 0.1) is 34.6 Å². The number of aryl methyl sites for hydroxylation is 3. The summed E-state index contributed by atoms with van der Waals surface area (Å²) in [7, 11) is 0.145. The van der Waals surface area contributed by atoms with Gasteiger partial charge in [-0.05, 0) is 94.9 Å². The van der Waals surface area contributed by atoms with Crippen molar-refractivity contribution in [3.05, 3.63) is 57.6 Å². The van der Waals surface area contributed by atoms with Crippen molar-refractivity contribution in [2.75, 3.05) is 6.61 Å². The maximum absolute atomic E-state index is 12.9. The molecule has 3 heteroatoms. The van der Waals surface area contributed by atoms with Gasteiger partial charge in [0.05, 0.1) is 6.61 Å². The number of hydrogen-bond acceptors (Lipinski definition) is 2. The molecule has 0 saturated heterocycles. The van der Waals surface area contributed by atoms with Gasteiger partial charge in [0.25, 0.3) is 0 Å². The van der Waals surface area contributed by atoms with Crippen LogP contribution in [0.3, 0.4) is 0 Å². The minimum Gasteiger partial charge on any atom is -0.494 e. The average molecular weight is 342 g/mol. The molecule has 0 aliphatic rings. The lowest BCUT2D eigenvalue weighted by Crippen LogP contribution is -2.09. The maximum Gasteiger partial charge on any atom is 0.186 e. The first kappa shape index (κ1) is 18.7. The van der Waals surface area contributed by atoms with Crippen molar-refractivity contribution in [2.24, 2.45) is 0 Å². The van der Waals surface area contributed by atoms with Crippen molar-refractivity contribution < 1.29 is 9.53 Å². The van der Waals surface area contributed by atoms with E-state index in [-0.39, 0.29) is 14.1 Å². The van der Waals surface area contributed by atoms with Gasteiger partial charge in [0.1, 0.15) is 5.75 Å². The fourth-order valence-corrected chi connectivity index (χ4v) is 4.09. The number of carbonyl (C=O) groups is 1. The summed E-state index contributed by atoms with van der Waals surface area (Å²) >= 11 is 0. The molecule has 2 aromatic carbocycles. The van der Waals surface area contributed by atoms with Gasteiger partial charge in [-0.2, -0.15) is 0 Å². The fraction of sp³-hybridized carbons (Fsp3) is 0.381. The van der Waals surface area contributed by atoms with E-state index in [0.717, 1.165) is 46.3 Å². The molecule has 1 unspecified atom stereocenters. The van der Waals surface area contributed by atoms with Crippen LogP contribution in [0.1, 0.15) is 51.5 Å². The van der Waals surface area contributed by atoms with E-state index in [1.807, 2.05) is 25.1 Å². The molecule has 2 nitrogen and oxygen atoms in total. The molecule has 0 bridgehead atoms. The molecule has 0 amide bonds. The predicted molar refractivity (Wildman–Crippen MR) is 105 cm³/mol. The second-order valence-electron chi connectivity index (χ2n) is 6.41. The summed E-state index contributed by atoms with van der Waals surface area (Å²) in [5, 5.41) is 1.10. The van der Waals surface area contributed by atoms with E-state index >= 15 is 0 Å². The Balaban J connectivity index is 2.26. The molecule has 2 aromatic rings. The van der Waals surface area contributed by atoms with E-state index in [2.05, 4.69) is 40.7 Å². The summed E-state index contributed by atoms with van der Waals surface area (Å²) in [5.74, 6) is 0.883. The molecule has 1 atom stereocenters. The fourth-order valence-electron chi connectivity index (χ4n) is 2.90. The summed E-state index contributed by atoms with van der Waals surface area (Å²) in [6, 6.07) is 8.15. The largest absolute Gasteiger partial charge is 0.494 e. The first-order chi connectivity index (χ1) is 11.3. The molecule has 0 N–H and O–H groups in total. The molecule has 0 radical (unpaired) electrons. The molecule has 128 valence electrons. The summed E-state index contributed by atoms with van der Waals surface area (Å²) in [5.41, 5.74) is 6.89. The highest BCUT2D eigenvalue weighted by molar-refractivity contribution is 7.66. The van der Waals surface area contributed by atoms with E-state index < -0.39 is 0 Å². The first-order valence-corrected chi connectivity index (χ1v) is 9.47. The van der Waals surface area contributed by atoms with Crippen molar-refractivity contribution in [3.63, 3.8) is 0 Å². The Morgan fingerprint density at radius 1 is 0.958 bits per heavy atom. The summed E-state index contributed by atoms with van der Waals surface area (Å²) in [4.78, 5) is 12.9. The first-order valence-electron chi connectivity index (χ1n) is 8.47. The molecule has 24 heavy (non-hydrogen) atoms. The average Bonchev–Trinajstić information content (AvgIpc) is 2.53. The van der Waals surface area contributed by atoms with Crippen LogP contribution < -0.4 is 10.0 Å². The molecule has 0 heterocycles. The Hall–Kier alpha value is -1.66. The second kappa shape index (κ2) is 7.94.